The summed E-state index contributed by atoms with van der Waals surface area (Å²) in [4.78, 5) is 35.4. The third-order valence-electron chi connectivity index (χ3n) is 4.45. The number of amides is 3. The molecule has 1 unspecified atom stereocenters. The van der Waals surface area contributed by atoms with Gasteiger partial charge >= 0.3 is 0 Å². The van der Waals surface area contributed by atoms with Gasteiger partial charge in [0.2, 0.25) is 17.7 Å². The van der Waals surface area contributed by atoms with E-state index in [1.165, 1.54) is 0 Å². The maximum atomic E-state index is 12.0. The van der Waals surface area contributed by atoms with Crippen molar-refractivity contribution in [3.05, 3.63) is 0 Å². The Morgan fingerprint density at radius 1 is 0.900 bits per heavy atom. The molecule has 174 valence electrons. The van der Waals surface area contributed by atoms with Crippen LogP contribution < -0.4 is 16.0 Å². The standard InChI is InChI=1S/C20H37N3O7/c1-21-19(25)14-17-5-10-29-11-6-22-20(26)16-30-13-12-28-9-3-8-27-7-2-4-18(24)23-15-17/h17H,2-16H2,1H3,(H,21,25)(H,22,26)(H,23,24). The van der Waals surface area contributed by atoms with E-state index >= 15 is 0 Å². The lowest BCUT2D eigenvalue weighted by molar-refractivity contribution is -0.126. The fourth-order valence-electron chi connectivity index (χ4n) is 2.74. The molecule has 0 aromatic carbocycles. The van der Waals surface area contributed by atoms with Gasteiger partial charge in [-0.3, -0.25) is 14.4 Å². The first-order valence-corrected chi connectivity index (χ1v) is 10.7. The van der Waals surface area contributed by atoms with Crippen molar-refractivity contribution in [2.75, 3.05) is 73.0 Å². The lowest BCUT2D eigenvalue weighted by Gasteiger charge is -2.17. The molecule has 0 bridgehead atoms. The number of ether oxygens (including phenoxy) is 4. The molecule has 10 heteroatoms. The molecule has 0 radical (unpaired) electrons. The number of carbonyl (C=O) groups excluding carboxylic acids is 3. The Morgan fingerprint density at radius 2 is 1.60 bits per heavy atom. The maximum absolute atomic E-state index is 12.0. The molecule has 1 saturated heterocycles. The van der Waals surface area contributed by atoms with Crippen LogP contribution in [0.15, 0.2) is 0 Å². The van der Waals surface area contributed by atoms with Gasteiger partial charge in [-0.2, -0.15) is 0 Å². The molecule has 30 heavy (non-hydrogen) atoms. The van der Waals surface area contributed by atoms with Crippen molar-refractivity contribution >= 4 is 17.7 Å². The van der Waals surface area contributed by atoms with Crippen molar-refractivity contribution in [2.24, 2.45) is 5.92 Å². The summed E-state index contributed by atoms with van der Waals surface area (Å²) in [6, 6.07) is 0. The minimum atomic E-state index is -0.203. The summed E-state index contributed by atoms with van der Waals surface area (Å²) in [6.45, 7) is 4.02. The van der Waals surface area contributed by atoms with Crippen molar-refractivity contribution in [1.29, 1.82) is 0 Å². The fraction of sp³-hybridized carbons (Fsp3) is 0.850. The zero-order valence-electron chi connectivity index (χ0n) is 18.0. The summed E-state index contributed by atoms with van der Waals surface area (Å²) in [5, 5.41) is 8.22. The van der Waals surface area contributed by atoms with Crippen LogP contribution in [0.5, 0.6) is 0 Å². The lowest BCUT2D eigenvalue weighted by Crippen LogP contribution is -2.33. The van der Waals surface area contributed by atoms with Crippen LogP contribution in [-0.2, 0) is 33.3 Å². The van der Waals surface area contributed by atoms with E-state index in [0.29, 0.717) is 85.0 Å². The molecule has 1 aliphatic heterocycles. The minimum Gasteiger partial charge on any atom is -0.381 e. The third-order valence-corrected chi connectivity index (χ3v) is 4.45. The van der Waals surface area contributed by atoms with Gasteiger partial charge in [0.15, 0.2) is 0 Å². The van der Waals surface area contributed by atoms with Gasteiger partial charge < -0.3 is 34.9 Å². The fourth-order valence-corrected chi connectivity index (χ4v) is 2.74. The number of carbonyl (C=O) groups is 3. The van der Waals surface area contributed by atoms with E-state index < -0.39 is 0 Å². The minimum absolute atomic E-state index is 0.0135. The van der Waals surface area contributed by atoms with Crippen molar-refractivity contribution < 1.29 is 33.3 Å². The molecule has 3 amide bonds. The highest BCUT2D eigenvalue weighted by Crippen LogP contribution is 2.08. The van der Waals surface area contributed by atoms with Crippen molar-refractivity contribution in [1.82, 2.24) is 16.0 Å². The molecule has 1 aliphatic rings. The summed E-state index contributed by atoms with van der Waals surface area (Å²) in [6.07, 6.45) is 2.74. The zero-order chi connectivity index (χ0) is 21.9. The first kappa shape index (κ1) is 26.3. The lowest BCUT2D eigenvalue weighted by atomic mass is 10.0. The average molecular weight is 432 g/mol. The van der Waals surface area contributed by atoms with Gasteiger partial charge in [0, 0.05) is 59.4 Å². The van der Waals surface area contributed by atoms with E-state index in [2.05, 4.69) is 16.0 Å². The van der Waals surface area contributed by atoms with Crippen LogP contribution in [0, 0.1) is 5.92 Å². The smallest absolute Gasteiger partial charge is 0.246 e. The van der Waals surface area contributed by atoms with Gasteiger partial charge in [-0.1, -0.05) is 0 Å². The first-order valence-electron chi connectivity index (χ1n) is 10.7. The summed E-state index contributed by atoms with van der Waals surface area (Å²) in [7, 11) is 1.59. The van der Waals surface area contributed by atoms with Crippen LogP contribution in [0.4, 0.5) is 0 Å². The Labute approximate surface area is 178 Å². The van der Waals surface area contributed by atoms with Crippen molar-refractivity contribution in [3.8, 4) is 0 Å². The van der Waals surface area contributed by atoms with Gasteiger partial charge in [-0.05, 0) is 25.2 Å². The van der Waals surface area contributed by atoms with E-state index in [1.807, 2.05) is 0 Å². The Balaban J connectivity index is 2.42. The first-order chi connectivity index (χ1) is 14.6. The molecule has 1 atom stereocenters. The zero-order valence-corrected chi connectivity index (χ0v) is 18.0. The van der Waals surface area contributed by atoms with Crippen LogP contribution in [0.2, 0.25) is 0 Å². The molecular weight excluding hydrogens is 394 g/mol. The number of rotatable bonds is 2. The second-order valence-corrected chi connectivity index (χ2v) is 7.03. The van der Waals surface area contributed by atoms with Crippen LogP contribution in [0.3, 0.4) is 0 Å². The normalized spacial score (nSPS) is 23.0. The van der Waals surface area contributed by atoms with Crippen LogP contribution in [0.1, 0.15) is 32.1 Å². The Kier molecular flexibility index (Phi) is 15.8. The van der Waals surface area contributed by atoms with Gasteiger partial charge in [0.25, 0.3) is 0 Å². The highest BCUT2D eigenvalue weighted by atomic mass is 16.5. The molecule has 3 N–H and O–H groups in total. The topological polar surface area (TPSA) is 124 Å². The Hall–Kier alpha value is -1.75. The van der Waals surface area contributed by atoms with E-state index in [4.69, 9.17) is 18.9 Å². The van der Waals surface area contributed by atoms with Crippen LogP contribution >= 0.6 is 0 Å². The quantitative estimate of drug-likeness (QED) is 0.544. The van der Waals surface area contributed by atoms with Crippen LogP contribution in [-0.4, -0.2) is 90.7 Å². The predicted molar refractivity (Wildman–Crippen MR) is 110 cm³/mol. The summed E-state index contributed by atoms with van der Waals surface area (Å²) >= 11 is 0. The maximum Gasteiger partial charge on any atom is 0.246 e. The monoisotopic (exact) mass is 431 g/mol. The molecule has 0 saturated carbocycles. The van der Waals surface area contributed by atoms with Crippen LogP contribution in [0.25, 0.3) is 0 Å². The van der Waals surface area contributed by atoms with Gasteiger partial charge in [0.1, 0.15) is 6.61 Å². The molecule has 0 spiro atoms. The largest absolute Gasteiger partial charge is 0.381 e. The molecule has 0 aromatic heterocycles. The van der Waals surface area contributed by atoms with E-state index in [-0.39, 0.29) is 30.2 Å². The predicted octanol–water partition coefficient (Wildman–Crippen LogP) is -0.388. The summed E-state index contributed by atoms with van der Waals surface area (Å²) in [5.41, 5.74) is 0. The Morgan fingerprint density at radius 3 is 2.40 bits per heavy atom. The SMILES string of the molecule is CNC(=O)CC1CCOCCNC(=O)COCCOCCCOCCCC(=O)NC1. The molecule has 10 nitrogen and oxygen atoms in total. The second-order valence-electron chi connectivity index (χ2n) is 7.03. The number of hydrogen-bond acceptors (Lipinski definition) is 7. The molecule has 0 aromatic rings. The molecule has 0 aliphatic carbocycles. The van der Waals surface area contributed by atoms with Gasteiger partial charge in [-0.25, -0.2) is 0 Å². The highest BCUT2D eigenvalue weighted by molar-refractivity contribution is 5.77. The molecule has 1 heterocycles. The van der Waals surface area contributed by atoms with Gasteiger partial charge in [-0.15, -0.1) is 0 Å². The number of hydrogen-bond donors (Lipinski definition) is 3. The number of nitrogens with one attached hydrogen (secondary N) is 3. The van der Waals surface area contributed by atoms with Gasteiger partial charge in [0.05, 0.1) is 19.8 Å². The Bertz CT molecular complexity index is 491. The van der Waals surface area contributed by atoms with E-state index in [1.54, 1.807) is 7.05 Å². The highest BCUT2D eigenvalue weighted by Gasteiger charge is 2.14. The second kappa shape index (κ2) is 18.1. The molecule has 1 fully saturated rings. The molecule has 1 rings (SSSR count). The summed E-state index contributed by atoms with van der Waals surface area (Å²) in [5.74, 6) is -0.345. The van der Waals surface area contributed by atoms with E-state index in [0.717, 1.165) is 6.42 Å². The summed E-state index contributed by atoms with van der Waals surface area (Å²) < 4.78 is 21.7. The third kappa shape index (κ3) is 15.1. The average Bonchev–Trinajstić information content (AvgIpc) is 2.74. The van der Waals surface area contributed by atoms with Crippen molar-refractivity contribution in [2.45, 2.75) is 32.1 Å². The van der Waals surface area contributed by atoms with Crippen molar-refractivity contribution in [3.63, 3.8) is 0 Å². The van der Waals surface area contributed by atoms with E-state index in [9.17, 15) is 14.4 Å². The molecular formula is C20H37N3O7.